The van der Waals surface area contributed by atoms with Crippen molar-refractivity contribution < 1.29 is 9.53 Å². The van der Waals surface area contributed by atoms with Gasteiger partial charge in [0, 0.05) is 13.0 Å². The summed E-state index contributed by atoms with van der Waals surface area (Å²) in [5.74, 6) is -0.0939. The largest absolute Gasteiger partial charge is 0.466 e. The Kier molecular flexibility index (Phi) is 9.59. The third-order valence-electron chi connectivity index (χ3n) is 2.38. The quantitative estimate of drug-likeness (QED) is 0.437. The number of hydrogen-bond donors (Lipinski definition) is 0. The Labute approximate surface area is 93.8 Å². The number of rotatable bonds is 9. The van der Waals surface area contributed by atoms with Crippen molar-refractivity contribution in [2.45, 2.75) is 46.0 Å². The molecule has 90 valence electrons. The van der Waals surface area contributed by atoms with E-state index in [1.165, 1.54) is 19.3 Å². The summed E-state index contributed by atoms with van der Waals surface area (Å²) in [5, 5.41) is 0. The third kappa shape index (κ3) is 9.73. The van der Waals surface area contributed by atoms with E-state index in [1.807, 2.05) is 6.92 Å². The number of carbonyl (C=O) groups excluding carboxylic acids is 1. The molecule has 0 aromatic rings. The first-order chi connectivity index (χ1) is 7.20. The van der Waals surface area contributed by atoms with Crippen LogP contribution in [0.3, 0.4) is 0 Å². The molecule has 0 heterocycles. The standard InChI is InChI=1S/C12H25NO2/c1-4-6-7-9-13(3)10-8-11-15-12(14)5-2/h4-11H2,1-3H3. The molecular formula is C12H25NO2. The molecule has 3 nitrogen and oxygen atoms in total. The highest BCUT2D eigenvalue weighted by atomic mass is 16.5. The number of ether oxygens (including phenoxy) is 1. The minimum absolute atomic E-state index is 0.0939. The Morgan fingerprint density at radius 2 is 1.80 bits per heavy atom. The van der Waals surface area contributed by atoms with Crippen LogP contribution in [0.1, 0.15) is 46.0 Å². The molecule has 3 heteroatoms. The van der Waals surface area contributed by atoms with E-state index in [1.54, 1.807) is 0 Å². The van der Waals surface area contributed by atoms with Crippen LogP contribution in [-0.2, 0) is 9.53 Å². The summed E-state index contributed by atoms with van der Waals surface area (Å²) >= 11 is 0. The summed E-state index contributed by atoms with van der Waals surface area (Å²) in [6.45, 7) is 6.75. The molecule has 15 heavy (non-hydrogen) atoms. The van der Waals surface area contributed by atoms with Gasteiger partial charge < -0.3 is 9.64 Å². The second-order valence-electron chi connectivity index (χ2n) is 3.94. The summed E-state index contributed by atoms with van der Waals surface area (Å²) in [6.07, 6.45) is 5.25. The van der Waals surface area contributed by atoms with Crippen LogP contribution in [0.4, 0.5) is 0 Å². The highest BCUT2D eigenvalue weighted by Gasteiger charge is 2.00. The topological polar surface area (TPSA) is 29.5 Å². The molecule has 0 spiro atoms. The molecule has 0 radical (unpaired) electrons. The number of nitrogens with zero attached hydrogens (tertiary/aromatic N) is 1. The van der Waals surface area contributed by atoms with Crippen LogP contribution in [0.15, 0.2) is 0 Å². The molecule has 0 amide bonds. The minimum Gasteiger partial charge on any atom is -0.466 e. The SMILES string of the molecule is CCCCCN(C)CCCOC(=O)CC. The number of esters is 1. The van der Waals surface area contributed by atoms with Crippen molar-refractivity contribution in [2.75, 3.05) is 26.7 Å². The molecule has 0 unspecified atom stereocenters. The highest BCUT2D eigenvalue weighted by molar-refractivity contribution is 5.68. The molecule has 0 aliphatic heterocycles. The molecule has 0 aromatic heterocycles. The van der Waals surface area contributed by atoms with Gasteiger partial charge in [-0.15, -0.1) is 0 Å². The maximum atomic E-state index is 10.8. The monoisotopic (exact) mass is 215 g/mol. The third-order valence-corrected chi connectivity index (χ3v) is 2.38. The molecule has 0 saturated carbocycles. The van der Waals surface area contributed by atoms with E-state index in [4.69, 9.17) is 4.74 Å². The Balaban J connectivity index is 3.23. The van der Waals surface area contributed by atoms with Gasteiger partial charge in [-0.1, -0.05) is 26.7 Å². The Hall–Kier alpha value is -0.570. The predicted octanol–water partition coefficient (Wildman–Crippen LogP) is 2.45. The van der Waals surface area contributed by atoms with Crippen molar-refractivity contribution in [2.24, 2.45) is 0 Å². The lowest BCUT2D eigenvalue weighted by atomic mass is 10.2. The molecular weight excluding hydrogens is 190 g/mol. The smallest absolute Gasteiger partial charge is 0.305 e. The van der Waals surface area contributed by atoms with E-state index >= 15 is 0 Å². The van der Waals surface area contributed by atoms with Crippen LogP contribution in [0.25, 0.3) is 0 Å². The number of carbonyl (C=O) groups is 1. The van der Waals surface area contributed by atoms with Crippen LogP contribution in [0.2, 0.25) is 0 Å². The maximum Gasteiger partial charge on any atom is 0.305 e. The van der Waals surface area contributed by atoms with Crippen molar-refractivity contribution >= 4 is 5.97 Å². The molecule has 0 aliphatic carbocycles. The van der Waals surface area contributed by atoms with E-state index in [0.29, 0.717) is 13.0 Å². The molecule has 0 fully saturated rings. The average molecular weight is 215 g/mol. The average Bonchev–Trinajstić information content (AvgIpc) is 2.24. The van der Waals surface area contributed by atoms with Gasteiger partial charge in [0.15, 0.2) is 0 Å². The summed E-state index contributed by atoms with van der Waals surface area (Å²) in [6, 6.07) is 0. The van der Waals surface area contributed by atoms with Crippen LogP contribution < -0.4 is 0 Å². The van der Waals surface area contributed by atoms with Gasteiger partial charge in [-0.05, 0) is 26.4 Å². The van der Waals surface area contributed by atoms with Crippen LogP contribution in [0, 0.1) is 0 Å². The zero-order valence-corrected chi connectivity index (χ0v) is 10.4. The predicted molar refractivity (Wildman–Crippen MR) is 62.9 cm³/mol. The van der Waals surface area contributed by atoms with Crippen molar-refractivity contribution in [3.05, 3.63) is 0 Å². The van der Waals surface area contributed by atoms with E-state index in [9.17, 15) is 4.79 Å². The van der Waals surface area contributed by atoms with Crippen molar-refractivity contribution in [3.63, 3.8) is 0 Å². The van der Waals surface area contributed by atoms with E-state index < -0.39 is 0 Å². The van der Waals surface area contributed by atoms with E-state index in [-0.39, 0.29) is 5.97 Å². The highest BCUT2D eigenvalue weighted by Crippen LogP contribution is 1.97. The van der Waals surface area contributed by atoms with Gasteiger partial charge in [-0.3, -0.25) is 4.79 Å². The lowest BCUT2D eigenvalue weighted by Gasteiger charge is -2.15. The number of unbranched alkanes of at least 4 members (excludes halogenated alkanes) is 2. The summed E-state index contributed by atoms with van der Waals surface area (Å²) in [4.78, 5) is 13.1. The molecule has 0 aromatic carbocycles. The van der Waals surface area contributed by atoms with Crippen LogP contribution in [-0.4, -0.2) is 37.6 Å². The molecule has 0 N–H and O–H groups in total. The van der Waals surface area contributed by atoms with E-state index in [2.05, 4.69) is 18.9 Å². The molecule has 0 aliphatic rings. The fourth-order valence-electron chi connectivity index (χ4n) is 1.37. The lowest BCUT2D eigenvalue weighted by molar-refractivity contribution is -0.143. The van der Waals surface area contributed by atoms with Gasteiger partial charge in [0.1, 0.15) is 0 Å². The summed E-state index contributed by atoms with van der Waals surface area (Å²) in [7, 11) is 2.12. The van der Waals surface area contributed by atoms with Crippen molar-refractivity contribution in [1.82, 2.24) is 4.90 Å². The Bertz CT molecular complexity index is 160. The Morgan fingerprint density at radius 1 is 1.13 bits per heavy atom. The van der Waals surface area contributed by atoms with Gasteiger partial charge in [-0.2, -0.15) is 0 Å². The molecule has 0 saturated heterocycles. The van der Waals surface area contributed by atoms with Crippen LogP contribution >= 0.6 is 0 Å². The fraction of sp³-hybridized carbons (Fsp3) is 0.917. The van der Waals surface area contributed by atoms with Gasteiger partial charge in [0.05, 0.1) is 6.61 Å². The molecule has 0 rings (SSSR count). The first-order valence-electron chi connectivity index (χ1n) is 6.04. The molecule has 0 bridgehead atoms. The first kappa shape index (κ1) is 14.4. The van der Waals surface area contributed by atoms with Crippen LogP contribution in [0.5, 0.6) is 0 Å². The zero-order valence-electron chi connectivity index (χ0n) is 10.4. The second kappa shape index (κ2) is 9.97. The van der Waals surface area contributed by atoms with Gasteiger partial charge in [0.2, 0.25) is 0 Å². The van der Waals surface area contributed by atoms with Gasteiger partial charge >= 0.3 is 5.97 Å². The van der Waals surface area contributed by atoms with E-state index in [0.717, 1.165) is 19.5 Å². The molecule has 0 atom stereocenters. The van der Waals surface area contributed by atoms with Gasteiger partial charge in [-0.25, -0.2) is 0 Å². The van der Waals surface area contributed by atoms with Crippen molar-refractivity contribution in [3.8, 4) is 0 Å². The minimum atomic E-state index is -0.0939. The second-order valence-corrected chi connectivity index (χ2v) is 3.94. The fourth-order valence-corrected chi connectivity index (χ4v) is 1.37. The first-order valence-corrected chi connectivity index (χ1v) is 6.04. The zero-order chi connectivity index (χ0) is 11.5. The normalized spacial score (nSPS) is 10.7. The summed E-state index contributed by atoms with van der Waals surface area (Å²) < 4.78 is 5.00. The maximum absolute atomic E-state index is 10.8. The number of hydrogen-bond acceptors (Lipinski definition) is 3. The Morgan fingerprint density at radius 3 is 2.40 bits per heavy atom. The van der Waals surface area contributed by atoms with Crippen molar-refractivity contribution in [1.29, 1.82) is 0 Å². The van der Waals surface area contributed by atoms with Gasteiger partial charge in [0.25, 0.3) is 0 Å². The lowest BCUT2D eigenvalue weighted by Crippen LogP contribution is -2.22. The summed E-state index contributed by atoms with van der Waals surface area (Å²) in [5.41, 5.74) is 0.